The van der Waals surface area contributed by atoms with Crippen LogP contribution in [0.5, 0.6) is 5.75 Å². The van der Waals surface area contributed by atoms with E-state index in [4.69, 9.17) is 10.5 Å². The highest BCUT2D eigenvalue weighted by Crippen LogP contribution is 2.44. The Bertz CT molecular complexity index is 576. The number of nitrogens with two attached hydrogens (primary N) is 1. The maximum Gasteiger partial charge on any atom is 0.130 e. The van der Waals surface area contributed by atoms with Crippen molar-refractivity contribution in [3.8, 4) is 5.75 Å². The molecule has 2 N–H and O–H groups in total. The van der Waals surface area contributed by atoms with E-state index >= 15 is 0 Å². The molecule has 2 atom stereocenters. The molecule has 0 saturated heterocycles. The fourth-order valence-electron chi connectivity index (χ4n) is 2.28. The molecule has 2 aromatic rings. The molecular weight excluding hydrogens is 277 g/mol. The number of rotatable bonds is 4. The van der Waals surface area contributed by atoms with Crippen molar-refractivity contribution in [1.29, 1.82) is 0 Å². The number of benzene rings is 2. The maximum absolute atomic E-state index is 13.9. The van der Waals surface area contributed by atoms with Crippen LogP contribution >= 0.6 is 12.4 Å². The van der Waals surface area contributed by atoms with Gasteiger partial charge in [-0.25, -0.2) is 4.39 Å². The predicted octanol–water partition coefficient (Wildman–Crippen LogP) is 3.64. The molecule has 0 aromatic heterocycles. The molecule has 0 aliphatic heterocycles. The van der Waals surface area contributed by atoms with Gasteiger partial charge >= 0.3 is 0 Å². The van der Waals surface area contributed by atoms with Crippen LogP contribution in [0.25, 0.3) is 0 Å². The normalized spacial score (nSPS) is 20.1. The van der Waals surface area contributed by atoms with Crippen LogP contribution in [0.2, 0.25) is 0 Å². The van der Waals surface area contributed by atoms with Crippen LogP contribution in [0.15, 0.2) is 48.5 Å². The van der Waals surface area contributed by atoms with Crippen LogP contribution in [0.4, 0.5) is 4.39 Å². The molecule has 0 bridgehead atoms. The zero-order valence-electron chi connectivity index (χ0n) is 11.0. The van der Waals surface area contributed by atoms with Crippen molar-refractivity contribution in [2.75, 3.05) is 0 Å². The zero-order valence-corrected chi connectivity index (χ0v) is 11.8. The summed E-state index contributed by atoms with van der Waals surface area (Å²) in [5, 5.41) is 0. The highest BCUT2D eigenvalue weighted by molar-refractivity contribution is 5.85. The van der Waals surface area contributed by atoms with Crippen LogP contribution in [0.1, 0.15) is 23.5 Å². The Labute approximate surface area is 124 Å². The van der Waals surface area contributed by atoms with Crippen molar-refractivity contribution < 1.29 is 9.13 Å². The van der Waals surface area contributed by atoms with Crippen LogP contribution < -0.4 is 10.5 Å². The molecule has 0 amide bonds. The smallest absolute Gasteiger partial charge is 0.130 e. The topological polar surface area (TPSA) is 35.2 Å². The molecule has 0 radical (unpaired) electrons. The molecule has 0 spiro atoms. The molecule has 1 aliphatic carbocycles. The van der Waals surface area contributed by atoms with Gasteiger partial charge in [0.05, 0.1) is 0 Å². The standard InChI is InChI=1S/C16H16FNO.ClH/c17-13-7-4-8-15(16(13)12-9-14(12)18)19-10-11-5-2-1-3-6-11;/h1-8,12,14H,9-10,18H2;1H/t12-,14-;/m1./s1. The molecule has 1 fully saturated rings. The van der Waals surface area contributed by atoms with Crippen LogP contribution in [0, 0.1) is 5.82 Å². The van der Waals surface area contributed by atoms with E-state index in [9.17, 15) is 4.39 Å². The third-order valence-electron chi connectivity index (χ3n) is 3.46. The first kappa shape index (κ1) is 14.8. The van der Waals surface area contributed by atoms with Gasteiger partial charge in [-0.2, -0.15) is 0 Å². The number of hydrogen-bond donors (Lipinski definition) is 1. The molecular formula is C16H17ClFNO. The Morgan fingerprint density at radius 3 is 2.45 bits per heavy atom. The molecule has 1 aliphatic rings. The Kier molecular flexibility index (Phi) is 4.63. The third-order valence-corrected chi connectivity index (χ3v) is 3.46. The van der Waals surface area contributed by atoms with Crippen LogP contribution in [-0.2, 0) is 6.61 Å². The van der Waals surface area contributed by atoms with Gasteiger partial charge in [0.15, 0.2) is 0 Å². The van der Waals surface area contributed by atoms with Crippen LogP contribution in [0.3, 0.4) is 0 Å². The maximum atomic E-state index is 13.9. The lowest BCUT2D eigenvalue weighted by Gasteiger charge is -2.12. The lowest BCUT2D eigenvalue weighted by molar-refractivity contribution is 0.300. The van der Waals surface area contributed by atoms with Crippen molar-refractivity contribution in [2.45, 2.75) is 25.0 Å². The van der Waals surface area contributed by atoms with Gasteiger partial charge in [0.25, 0.3) is 0 Å². The lowest BCUT2D eigenvalue weighted by atomic mass is 10.1. The average molecular weight is 294 g/mol. The molecule has 2 nitrogen and oxygen atoms in total. The van der Waals surface area contributed by atoms with Gasteiger partial charge in [0.2, 0.25) is 0 Å². The second-order valence-electron chi connectivity index (χ2n) is 4.93. The summed E-state index contributed by atoms with van der Waals surface area (Å²) in [5.41, 5.74) is 7.52. The molecule has 2 aromatic carbocycles. The predicted molar refractivity (Wildman–Crippen MR) is 79.8 cm³/mol. The summed E-state index contributed by atoms with van der Waals surface area (Å²) < 4.78 is 19.7. The minimum atomic E-state index is -0.219. The Balaban J connectivity index is 0.00000147. The lowest BCUT2D eigenvalue weighted by Crippen LogP contribution is -2.05. The number of halogens is 2. The van der Waals surface area contributed by atoms with Gasteiger partial charge in [-0.3, -0.25) is 0 Å². The third kappa shape index (κ3) is 3.11. The molecule has 4 heteroatoms. The summed E-state index contributed by atoms with van der Waals surface area (Å²) in [6.07, 6.45) is 0.836. The first-order valence-electron chi connectivity index (χ1n) is 6.46. The van der Waals surface area contributed by atoms with E-state index in [-0.39, 0.29) is 30.2 Å². The van der Waals surface area contributed by atoms with Crippen molar-refractivity contribution in [3.05, 3.63) is 65.5 Å². The average Bonchev–Trinajstić information content (AvgIpc) is 3.14. The molecule has 20 heavy (non-hydrogen) atoms. The Hall–Kier alpha value is -1.58. The van der Waals surface area contributed by atoms with E-state index in [0.29, 0.717) is 17.9 Å². The fraction of sp³-hybridized carbons (Fsp3) is 0.250. The molecule has 3 rings (SSSR count). The quantitative estimate of drug-likeness (QED) is 0.934. The van der Waals surface area contributed by atoms with Crippen LogP contribution in [-0.4, -0.2) is 6.04 Å². The van der Waals surface area contributed by atoms with E-state index in [1.807, 2.05) is 36.4 Å². The fourth-order valence-corrected chi connectivity index (χ4v) is 2.28. The van der Waals surface area contributed by atoms with Crippen molar-refractivity contribution in [1.82, 2.24) is 0 Å². The summed E-state index contributed by atoms with van der Waals surface area (Å²) in [5.74, 6) is 0.497. The number of ether oxygens (including phenoxy) is 1. The second kappa shape index (κ2) is 6.25. The van der Waals surface area contributed by atoms with Crippen molar-refractivity contribution in [3.63, 3.8) is 0 Å². The SMILES string of the molecule is Cl.N[C@@H]1C[C@H]1c1c(F)cccc1OCc1ccccc1. The summed E-state index contributed by atoms with van der Waals surface area (Å²) in [7, 11) is 0. The zero-order chi connectivity index (χ0) is 13.2. The van der Waals surface area contributed by atoms with Gasteiger partial charge < -0.3 is 10.5 Å². The highest BCUT2D eigenvalue weighted by Gasteiger charge is 2.39. The van der Waals surface area contributed by atoms with E-state index < -0.39 is 0 Å². The van der Waals surface area contributed by atoms with Gasteiger partial charge in [-0.05, 0) is 24.1 Å². The van der Waals surface area contributed by atoms with Gasteiger partial charge in [0.1, 0.15) is 18.2 Å². The summed E-state index contributed by atoms with van der Waals surface area (Å²) in [4.78, 5) is 0. The second-order valence-corrected chi connectivity index (χ2v) is 4.93. The minimum Gasteiger partial charge on any atom is -0.489 e. The van der Waals surface area contributed by atoms with Gasteiger partial charge in [-0.1, -0.05) is 36.4 Å². The van der Waals surface area contributed by atoms with E-state index in [1.54, 1.807) is 6.07 Å². The first-order chi connectivity index (χ1) is 9.25. The molecule has 0 unspecified atom stereocenters. The van der Waals surface area contributed by atoms with Gasteiger partial charge in [-0.15, -0.1) is 12.4 Å². The molecule has 0 heterocycles. The minimum absolute atomic E-state index is 0. The summed E-state index contributed by atoms with van der Waals surface area (Å²) >= 11 is 0. The van der Waals surface area contributed by atoms with Crippen molar-refractivity contribution >= 4 is 12.4 Å². The summed E-state index contributed by atoms with van der Waals surface area (Å²) in [6, 6.07) is 14.9. The molecule has 106 valence electrons. The Morgan fingerprint density at radius 1 is 1.10 bits per heavy atom. The van der Waals surface area contributed by atoms with Gasteiger partial charge in [0, 0.05) is 17.5 Å². The van der Waals surface area contributed by atoms with E-state index in [0.717, 1.165) is 12.0 Å². The summed E-state index contributed by atoms with van der Waals surface area (Å²) in [6.45, 7) is 0.444. The van der Waals surface area contributed by atoms with E-state index in [1.165, 1.54) is 6.07 Å². The first-order valence-corrected chi connectivity index (χ1v) is 6.46. The highest BCUT2D eigenvalue weighted by atomic mass is 35.5. The number of hydrogen-bond acceptors (Lipinski definition) is 2. The Morgan fingerprint density at radius 2 is 1.80 bits per heavy atom. The molecule has 1 saturated carbocycles. The largest absolute Gasteiger partial charge is 0.489 e. The monoisotopic (exact) mass is 293 g/mol. The van der Waals surface area contributed by atoms with Crippen molar-refractivity contribution in [2.24, 2.45) is 5.73 Å². The van der Waals surface area contributed by atoms with E-state index in [2.05, 4.69) is 0 Å².